The van der Waals surface area contributed by atoms with Crippen molar-refractivity contribution in [3.8, 4) is 16.9 Å². The molecule has 10 nitrogen and oxygen atoms in total. The molecule has 2 N–H and O–H groups in total. The molecular formula is C29H35FN3O7P. The molecule has 4 unspecified atom stereocenters. The second kappa shape index (κ2) is 13.5. The van der Waals surface area contributed by atoms with Gasteiger partial charge in [-0.3, -0.25) is 19.1 Å². The van der Waals surface area contributed by atoms with Crippen molar-refractivity contribution in [2.45, 2.75) is 65.5 Å². The Balaban J connectivity index is 1.44. The zero-order chi connectivity index (χ0) is 29.7. The van der Waals surface area contributed by atoms with Gasteiger partial charge in [0.2, 0.25) is 0 Å². The van der Waals surface area contributed by atoms with Crippen LogP contribution in [-0.2, 0) is 18.8 Å². The molecule has 12 heteroatoms. The van der Waals surface area contributed by atoms with Crippen molar-refractivity contribution in [1.29, 1.82) is 0 Å². The van der Waals surface area contributed by atoms with Gasteiger partial charge in [0.25, 0.3) is 5.56 Å². The maximum Gasteiger partial charge on any atom is 0.330 e. The van der Waals surface area contributed by atoms with Crippen molar-refractivity contribution in [1.82, 2.24) is 14.6 Å². The lowest BCUT2D eigenvalue weighted by Crippen LogP contribution is -2.35. The van der Waals surface area contributed by atoms with Crippen molar-refractivity contribution in [2.24, 2.45) is 5.92 Å². The Hall–Kier alpha value is -3.37. The molecule has 0 spiro atoms. The molecule has 0 radical (unpaired) electrons. The van der Waals surface area contributed by atoms with Gasteiger partial charge in [0.1, 0.15) is 23.8 Å². The first-order valence-corrected chi connectivity index (χ1v) is 14.6. The number of H-pyrrole nitrogens is 1. The molecule has 2 heterocycles. The van der Waals surface area contributed by atoms with E-state index in [0.717, 1.165) is 11.1 Å². The van der Waals surface area contributed by atoms with E-state index in [1.807, 2.05) is 25.1 Å². The van der Waals surface area contributed by atoms with Crippen LogP contribution >= 0.6 is 8.53 Å². The fourth-order valence-corrected chi connectivity index (χ4v) is 5.57. The lowest BCUT2D eigenvalue weighted by atomic mass is 10.0. The summed E-state index contributed by atoms with van der Waals surface area (Å²) in [4.78, 5) is 38.4. The molecule has 0 bridgehead atoms. The second-order valence-electron chi connectivity index (χ2n) is 10.3. The molecule has 1 fully saturated rings. The number of rotatable bonds is 11. The third-order valence-corrected chi connectivity index (χ3v) is 7.87. The molecule has 0 amide bonds. The van der Waals surface area contributed by atoms with E-state index in [2.05, 4.69) is 10.1 Å². The number of carbonyl (C=O) groups excluding carboxylic acids is 1. The van der Waals surface area contributed by atoms with Crippen LogP contribution in [-0.4, -0.2) is 40.4 Å². The molecule has 41 heavy (non-hydrogen) atoms. The Kier molecular flexibility index (Phi) is 10.1. The van der Waals surface area contributed by atoms with Crippen LogP contribution in [0.2, 0.25) is 0 Å². The predicted molar refractivity (Wildman–Crippen MR) is 153 cm³/mol. The molecular weight excluding hydrogens is 552 g/mol. The van der Waals surface area contributed by atoms with E-state index in [0.29, 0.717) is 17.7 Å². The highest BCUT2D eigenvalue weighted by molar-refractivity contribution is 7.45. The standard InChI is InChI=1S/C29H35FN3O7P/c1-17(2)38-28(35)20(5)32-41(40-23-10-8-21(9-11-23)22-7-6-18(3)25(30)15-22)37-16-24-14-19(4)27(39-24)33-13-12-26(34)31-29(33)36/h6-13,15,17,19-20,24,27,32H,14,16H2,1-5H3,(H,31,34,36)/t19?,20-,24?,27?,41?/m0/s1. The van der Waals surface area contributed by atoms with Gasteiger partial charge in [0.15, 0.2) is 0 Å². The van der Waals surface area contributed by atoms with Crippen molar-refractivity contribution in [2.75, 3.05) is 6.61 Å². The van der Waals surface area contributed by atoms with Gasteiger partial charge in [0, 0.05) is 18.2 Å². The summed E-state index contributed by atoms with van der Waals surface area (Å²) in [5.74, 6) is -0.254. The number of carbonyl (C=O) groups is 1. The third-order valence-electron chi connectivity index (χ3n) is 6.51. The average molecular weight is 588 g/mol. The highest BCUT2D eigenvalue weighted by Crippen LogP contribution is 2.40. The monoisotopic (exact) mass is 587 g/mol. The van der Waals surface area contributed by atoms with Gasteiger partial charge in [-0.05, 0) is 69.0 Å². The molecule has 2 aromatic carbocycles. The van der Waals surface area contributed by atoms with Crippen LogP contribution in [0, 0.1) is 18.7 Å². The lowest BCUT2D eigenvalue weighted by Gasteiger charge is -2.24. The number of hydrogen-bond acceptors (Lipinski definition) is 8. The van der Waals surface area contributed by atoms with E-state index in [-0.39, 0.29) is 30.5 Å². The third kappa shape index (κ3) is 8.10. The van der Waals surface area contributed by atoms with E-state index in [9.17, 15) is 18.8 Å². The average Bonchev–Trinajstić information content (AvgIpc) is 3.28. The van der Waals surface area contributed by atoms with Gasteiger partial charge in [0.05, 0.1) is 18.8 Å². The highest BCUT2D eigenvalue weighted by Gasteiger charge is 2.35. The van der Waals surface area contributed by atoms with E-state index in [1.165, 1.54) is 22.9 Å². The molecule has 1 aliphatic heterocycles. The molecule has 1 saturated heterocycles. The van der Waals surface area contributed by atoms with Crippen molar-refractivity contribution >= 4 is 14.5 Å². The zero-order valence-corrected chi connectivity index (χ0v) is 24.5. The maximum atomic E-state index is 14.0. The van der Waals surface area contributed by atoms with Gasteiger partial charge in [-0.15, -0.1) is 0 Å². The van der Waals surface area contributed by atoms with Gasteiger partial charge in [-0.1, -0.05) is 31.2 Å². The van der Waals surface area contributed by atoms with E-state index >= 15 is 0 Å². The van der Waals surface area contributed by atoms with Crippen LogP contribution in [0.25, 0.3) is 11.1 Å². The number of ether oxygens (including phenoxy) is 2. The fraction of sp³-hybridized carbons (Fsp3) is 0.414. The van der Waals surface area contributed by atoms with Crippen LogP contribution in [0.4, 0.5) is 4.39 Å². The summed E-state index contributed by atoms with van der Waals surface area (Å²) in [6, 6.07) is 12.8. The second-order valence-corrected chi connectivity index (χ2v) is 11.6. The Labute approximate surface area is 238 Å². The van der Waals surface area contributed by atoms with E-state index in [4.69, 9.17) is 18.5 Å². The fourth-order valence-electron chi connectivity index (χ4n) is 4.36. The number of aromatic nitrogens is 2. The number of halogens is 1. The van der Waals surface area contributed by atoms with Gasteiger partial charge in [-0.25, -0.2) is 14.3 Å². The van der Waals surface area contributed by atoms with Crippen molar-refractivity contribution in [3.63, 3.8) is 0 Å². The smallest absolute Gasteiger partial charge is 0.330 e. The Morgan fingerprint density at radius 1 is 1.15 bits per heavy atom. The molecule has 1 aliphatic rings. The van der Waals surface area contributed by atoms with Crippen LogP contribution in [0.15, 0.2) is 64.3 Å². The number of benzene rings is 2. The zero-order valence-electron chi connectivity index (χ0n) is 23.6. The van der Waals surface area contributed by atoms with Crippen LogP contribution < -0.4 is 20.9 Å². The lowest BCUT2D eigenvalue weighted by molar-refractivity contribution is -0.149. The summed E-state index contributed by atoms with van der Waals surface area (Å²) in [5, 5.41) is 3.07. The minimum Gasteiger partial charge on any atom is -0.462 e. The molecule has 0 aliphatic carbocycles. The first kappa shape index (κ1) is 30.6. The van der Waals surface area contributed by atoms with Crippen molar-refractivity contribution < 1.29 is 27.7 Å². The quantitative estimate of drug-likeness (QED) is 0.242. The number of aromatic amines is 1. The van der Waals surface area contributed by atoms with Crippen LogP contribution in [0.1, 0.15) is 45.9 Å². The highest BCUT2D eigenvalue weighted by atomic mass is 31.2. The van der Waals surface area contributed by atoms with Crippen molar-refractivity contribution in [3.05, 3.63) is 86.9 Å². The summed E-state index contributed by atoms with van der Waals surface area (Å²) in [5.41, 5.74) is 1.11. The number of hydrogen-bond donors (Lipinski definition) is 2. The van der Waals surface area contributed by atoms with Gasteiger partial charge in [-0.2, -0.15) is 0 Å². The van der Waals surface area contributed by atoms with E-state index in [1.54, 1.807) is 45.9 Å². The number of nitrogens with one attached hydrogen (secondary N) is 2. The first-order valence-electron chi connectivity index (χ1n) is 13.4. The van der Waals surface area contributed by atoms with Crippen LogP contribution in [0.3, 0.4) is 0 Å². The minimum absolute atomic E-state index is 0.0218. The van der Waals surface area contributed by atoms with Gasteiger partial charge >= 0.3 is 20.2 Å². The first-order chi connectivity index (χ1) is 19.5. The SMILES string of the molecule is Cc1ccc(-c2ccc(OP(N[C@@H](C)C(=O)OC(C)C)OCC3CC(C)C(n4ccc(=O)[nH]c4=O)O3)cc2)cc1F. The normalized spacial score (nSPS) is 20.1. The number of esters is 1. The largest absolute Gasteiger partial charge is 0.462 e. The Morgan fingerprint density at radius 2 is 1.85 bits per heavy atom. The molecule has 5 atom stereocenters. The topological polar surface area (TPSA) is 121 Å². The molecule has 0 saturated carbocycles. The maximum absolute atomic E-state index is 14.0. The summed E-state index contributed by atoms with van der Waals surface area (Å²) in [6.45, 7) is 8.99. The number of aryl methyl sites for hydroxylation is 1. The molecule has 4 rings (SSSR count). The number of nitrogens with zero attached hydrogens (tertiary/aromatic N) is 1. The Morgan fingerprint density at radius 3 is 2.51 bits per heavy atom. The minimum atomic E-state index is -1.82. The summed E-state index contributed by atoms with van der Waals surface area (Å²) < 4.78 is 39.0. The molecule has 220 valence electrons. The van der Waals surface area contributed by atoms with Gasteiger partial charge < -0.3 is 18.5 Å². The predicted octanol–water partition coefficient (Wildman–Crippen LogP) is 4.83. The van der Waals surface area contributed by atoms with Crippen LogP contribution in [0.5, 0.6) is 5.75 Å². The summed E-state index contributed by atoms with van der Waals surface area (Å²) >= 11 is 0. The summed E-state index contributed by atoms with van der Waals surface area (Å²) in [7, 11) is -1.82. The molecule has 3 aromatic rings. The summed E-state index contributed by atoms with van der Waals surface area (Å²) in [6.07, 6.45) is 0.820. The molecule has 1 aromatic heterocycles. The Bertz CT molecular complexity index is 1460. The van der Waals surface area contributed by atoms with E-state index < -0.39 is 38.0 Å².